The van der Waals surface area contributed by atoms with Gasteiger partial charge in [-0.15, -0.1) is 11.6 Å². The average molecular weight is 309 g/mol. The van der Waals surface area contributed by atoms with Crippen LogP contribution in [0.3, 0.4) is 0 Å². The normalized spacial score (nSPS) is 13.0. The number of methoxy groups -OCH3 is 1. The van der Waals surface area contributed by atoms with E-state index < -0.39 is 0 Å². The van der Waals surface area contributed by atoms with E-state index in [0.29, 0.717) is 11.9 Å². The molecular formula is C17H25ClN2O. The van der Waals surface area contributed by atoms with E-state index in [-0.39, 0.29) is 0 Å². The molecule has 0 aliphatic heterocycles. The van der Waals surface area contributed by atoms with Gasteiger partial charge in [0.15, 0.2) is 0 Å². The van der Waals surface area contributed by atoms with Crippen LogP contribution in [0.4, 0.5) is 0 Å². The van der Waals surface area contributed by atoms with Gasteiger partial charge in [0.1, 0.15) is 17.1 Å². The summed E-state index contributed by atoms with van der Waals surface area (Å²) >= 11 is 6.10. The summed E-state index contributed by atoms with van der Waals surface area (Å²) in [5.41, 5.74) is 2.02. The molecule has 0 bridgehead atoms. The maximum Gasteiger partial charge on any atom is 0.146 e. The van der Waals surface area contributed by atoms with Crippen LogP contribution in [0.1, 0.15) is 51.9 Å². The van der Waals surface area contributed by atoms with E-state index in [1.54, 1.807) is 7.11 Å². The maximum atomic E-state index is 6.10. The molecule has 0 fully saturated rings. The number of para-hydroxylation sites is 1. The third-order valence-electron chi connectivity index (χ3n) is 3.94. The summed E-state index contributed by atoms with van der Waals surface area (Å²) in [4.78, 5) is 4.67. The lowest BCUT2D eigenvalue weighted by atomic mass is 10.0. The van der Waals surface area contributed by atoms with Gasteiger partial charge >= 0.3 is 0 Å². The summed E-state index contributed by atoms with van der Waals surface area (Å²) in [5, 5.41) is 0. The van der Waals surface area contributed by atoms with E-state index in [4.69, 9.17) is 16.3 Å². The molecule has 2 aromatic rings. The highest BCUT2D eigenvalue weighted by Crippen LogP contribution is 2.30. The standard InChI is InChI=1S/C17H25ClN2O/c1-12(2)7-5-8-13(3)20-14-9-6-10-15(21-4)17(14)19-16(20)11-18/h6,9-10,12-13H,5,7-8,11H2,1-4H3. The van der Waals surface area contributed by atoms with E-state index >= 15 is 0 Å². The first-order chi connectivity index (χ1) is 10.1. The summed E-state index contributed by atoms with van der Waals surface area (Å²) in [6.07, 6.45) is 3.63. The third kappa shape index (κ3) is 3.52. The number of imidazole rings is 1. The van der Waals surface area contributed by atoms with Gasteiger partial charge in [0.2, 0.25) is 0 Å². The molecule has 0 saturated carbocycles. The van der Waals surface area contributed by atoms with Crippen molar-refractivity contribution in [3.8, 4) is 5.75 Å². The molecule has 4 heteroatoms. The molecule has 3 nitrogen and oxygen atoms in total. The minimum atomic E-state index is 0.398. The van der Waals surface area contributed by atoms with Gasteiger partial charge in [-0.05, 0) is 31.4 Å². The summed E-state index contributed by atoms with van der Waals surface area (Å²) < 4.78 is 7.68. The van der Waals surface area contributed by atoms with Gasteiger partial charge in [-0.3, -0.25) is 0 Å². The SMILES string of the molecule is COc1cccc2c1nc(CCl)n2C(C)CCCC(C)C. The number of alkyl halides is 1. The molecule has 0 aliphatic rings. The van der Waals surface area contributed by atoms with Crippen molar-refractivity contribution >= 4 is 22.6 Å². The Hall–Kier alpha value is -1.22. The van der Waals surface area contributed by atoms with Crippen molar-refractivity contribution in [2.24, 2.45) is 5.92 Å². The number of ether oxygens (including phenoxy) is 1. The van der Waals surface area contributed by atoms with Crippen LogP contribution >= 0.6 is 11.6 Å². The van der Waals surface area contributed by atoms with E-state index in [2.05, 4.69) is 36.4 Å². The zero-order valence-corrected chi connectivity index (χ0v) is 14.2. The smallest absolute Gasteiger partial charge is 0.146 e. The predicted octanol–water partition coefficient (Wildman–Crippen LogP) is 5.17. The van der Waals surface area contributed by atoms with E-state index in [1.807, 2.05) is 12.1 Å². The molecule has 1 heterocycles. The van der Waals surface area contributed by atoms with Crippen LogP contribution in [-0.2, 0) is 5.88 Å². The lowest BCUT2D eigenvalue weighted by Gasteiger charge is -2.17. The van der Waals surface area contributed by atoms with Gasteiger partial charge in [-0.25, -0.2) is 4.98 Å². The molecule has 0 N–H and O–H groups in total. The zero-order valence-electron chi connectivity index (χ0n) is 13.4. The summed E-state index contributed by atoms with van der Waals surface area (Å²) in [6.45, 7) is 6.79. The molecule has 0 aliphatic carbocycles. The average Bonchev–Trinajstić information content (AvgIpc) is 2.85. The fraction of sp³-hybridized carbons (Fsp3) is 0.588. The maximum absolute atomic E-state index is 6.10. The van der Waals surface area contributed by atoms with Crippen LogP contribution < -0.4 is 4.74 Å². The van der Waals surface area contributed by atoms with Crippen molar-refractivity contribution in [3.05, 3.63) is 24.0 Å². The second-order valence-corrected chi connectivity index (χ2v) is 6.30. The summed E-state index contributed by atoms with van der Waals surface area (Å²) in [6, 6.07) is 6.45. The van der Waals surface area contributed by atoms with Gasteiger partial charge in [0, 0.05) is 6.04 Å². The second kappa shape index (κ2) is 7.17. The highest BCUT2D eigenvalue weighted by atomic mass is 35.5. The number of nitrogens with zero attached hydrogens (tertiary/aromatic N) is 2. The molecule has 21 heavy (non-hydrogen) atoms. The Kier molecular flexibility index (Phi) is 5.51. The van der Waals surface area contributed by atoms with E-state index in [0.717, 1.165) is 34.9 Å². The fourth-order valence-electron chi connectivity index (χ4n) is 2.84. The van der Waals surface area contributed by atoms with Gasteiger partial charge in [0.05, 0.1) is 18.5 Å². The molecule has 1 atom stereocenters. The molecule has 0 spiro atoms. The minimum Gasteiger partial charge on any atom is -0.494 e. The highest BCUT2D eigenvalue weighted by Gasteiger charge is 2.17. The van der Waals surface area contributed by atoms with Crippen LogP contribution in [0.5, 0.6) is 5.75 Å². The van der Waals surface area contributed by atoms with E-state index in [1.165, 1.54) is 12.8 Å². The Bertz CT molecular complexity index is 592. The number of hydrogen-bond donors (Lipinski definition) is 0. The number of aromatic nitrogens is 2. The molecule has 0 amide bonds. The van der Waals surface area contributed by atoms with Gasteiger partial charge in [-0.2, -0.15) is 0 Å². The van der Waals surface area contributed by atoms with Crippen LogP contribution in [0.25, 0.3) is 11.0 Å². The zero-order chi connectivity index (χ0) is 15.4. The first kappa shape index (κ1) is 16.2. The molecular weight excluding hydrogens is 284 g/mol. The second-order valence-electron chi connectivity index (χ2n) is 6.03. The van der Waals surface area contributed by atoms with Gasteiger partial charge in [0.25, 0.3) is 0 Å². The van der Waals surface area contributed by atoms with Crippen LogP contribution in [0, 0.1) is 5.92 Å². The number of fused-ring (bicyclic) bond motifs is 1. The van der Waals surface area contributed by atoms with Crippen molar-refractivity contribution in [3.63, 3.8) is 0 Å². The Balaban J connectivity index is 2.33. The van der Waals surface area contributed by atoms with Gasteiger partial charge in [-0.1, -0.05) is 32.8 Å². The first-order valence-corrected chi connectivity index (χ1v) is 8.21. The molecule has 1 aromatic carbocycles. The van der Waals surface area contributed by atoms with Crippen molar-refractivity contribution in [2.75, 3.05) is 7.11 Å². The molecule has 2 rings (SSSR count). The van der Waals surface area contributed by atoms with Crippen LogP contribution in [0.15, 0.2) is 18.2 Å². The van der Waals surface area contributed by atoms with Crippen molar-refractivity contribution < 1.29 is 4.74 Å². The number of hydrogen-bond acceptors (Lipinski definition) is 2. The summed E-state index contributed by atoms with van der Waals surface area (Å²) in [5.74, 6) is 2.91. The number of benzene rings is 1. The summed E-state index contributed by atoms with van der Waals surface area (Å²) in [7, 11) is 1.68. The predicted molar refractivity (Wildman–Crippen MR) is 89.2 cm³/mol. The monoisotopic (exact) mass is 308 g/mol. The highest BCUT2D eigenvalue weighted by molar-refractivity contribution is 6.16. The van der Waals surface area contributed by atoms with Crippen molar-refractivity contribution in [1.82, 2.24) is 9.55 Å². The molecule has 116 valence electrons. The Labute approximate surface area is 132 Å². The van der Waals surface area contributed by atoms with E-state index in [9.17, 15) is 0 Å². The topological polar surface area (TPSA) is 27.1 Å². The Morgan fingerprint density at radius 3 is 2.62 bits per heavy atom. The quantitative estimate of drug-likeness (QED) is 0.660. The lowest BCUT2D eigenvalue weighted by molar-refractivity contribution is 0.419. The van der Waals surface area contributed by atoms with Crippen molar-refractivity contribution in [2.45, 2.75) is 52.0 Å². The molecule has 1 aromatic heterocycles. The Morgan fingerprint density at radius 2 is 2.00 bits per heavy atom. The minimum absolute atomic E-state index is 0.398. The Morgan fingerprint density at radius 1 is 1.24 bits per heavy atom. The van der Waals surface area contributed by atoms with Gasteiger partial charge < -0.3 is 9.30 Å². The lowest BCUT2D eigenvalue weighted by Crippen LogP contribution is -2.09. The van der Waals surface area contributed by atoms with Crippen LogP contribution in [-0.4, -0.2) is 16.7 Å². The molecule has 0 saturated heterocycles. The first-order valence-electron chi connectivity index (χ1n) is 7.68. The third-order valence-corrected chi connectivity index (χ3v) is 4.18. The molecule has 0 radical (unpaired) electrons. The molecule has 1 unspecified atom stereocenters. The van der Waals surface area contributed by atoms with Crippen LogP contribution in [0.2, 0.25) is 0 Å². The largest absolute Gasteiger partial charge is 0.494 e. The number of rotatable bonds is 7. The van der Waals surface area contributed by atoms with Crippen molar-refractivity contribution in [1.29, 1.82) is 0 Å². The number of halogens is 1. The fourth-order valence-corrected chi connectivity index (χ4v) is 3.03.